The van der Waals surface area contributed by atoms with Crippen LogP contribution < -0.4 is 16.2 Å². The Morgan fingerprint density at radius 1 is 1.04 bits per heavy atom. The molecule has 0 radical (unpaired) electrons. The summed E-state index contributed by atoms with van der Waals surface area (Å²) in [5.74, 6) is -1.41. The van der Waals surface area contributed by atoms with Gasteiger partial charge < -0.3 is 5.32 Å². The lowest BCUT2D eigenvalue weighted by molar-refractivity contribution is -0.143. The number of fused-ring (bicyclic) bond motifs is 1. The molecule has 1 aliphatic carbocycles. The zero-order valence-electron chi connectivity index (χ0n) is 14.4. The van der Waals surface area contributed by atoms with Crippen LogP contribution in [0.1, 0.15) is 31.2 Å². The van der Waals surface area contributed by atoms with Crippen LogP contribution in [-0.2, 0) is 20.9 Å². The Labute approximate surface area is 157 Å². The van der Waals surface area contributed by atoms with Gasteiger partial charge in [0.15, 0.2) is 5.11 Å². The molecular formula is C18H22N4O3S. The first-order chi connectivity index (χ1) is 12.6. The Kier molecular flexibility index (Phi) is 5.82. The van der Waals surface area contributed by atoms with Crippen molar-refractivity contribution in [2.75, 3.05) is 6.54 Å². The van der Waals surface area contributed by atoms with E-state index >= 15 is 0 Å². The number of amides is 3. The molecule has 1 aromatic carbocycles. The number of hydrogen-bond donors (Lipinski definition) is 3. The standard InChI is InChI=1S/C18H22N4O3S/c23-15(20-21-18(26)19-10-12-6-2-1-3-7-12)11-22-16(24)13-8-4-5-9-14(13)17(22)25/h1-3,6-7,13-14H,4-5,8-11H2,(H,20,23)(H2,19,21,26). The maximum absolute atomic E-state index is 12.3. The quantitative estimate of drug-likeness (QED) is 0.411. The number of imide groups is 1. The average Bonchev–Trinajstić information content (AvgIpc) is 2.91. The summed E-state index contributed by atoms with van der Waals surface area (Å²) in [7, 11) is 0. The largest absolute Gasteiger partial charge is 0.357 e. The highest BCUT2D eigenvalue weighted by molar-refractivity contribution is 7.80. The number of nitrogens with one attached hydrogen (secondary N) is 3. The van der Waals surface area contributed by atoms with E-state index in [1.807, 2.05) is 30.3 Å². The zero-order valence-corrected chi connectivity index (χ0v) is 15.2. The number of carbonyl (C=O) groups is 3. The van der Waals surface area contributed by atoms with Crippen molar-refractivity contribution in [2.45, 2.75) is 32.2 Å². The lowest BCUT2D eigenvalue weighted by Crippen LogP contribution is -2.50. The highest BCUT2D eigenvalue weighted by Crippen LogP contribution is 2.37. The van der Waals surface area contributed by atoms with Crippen LogP contribution >= 0.6 is 12.2 Å². The Morgan fingerprint density at radius 3 is 2.27 bits per heavy atom. The third-order valence-electron chi connectivity index (χ3n) is 4.85. The van der Waals surface area contributed by atoms with Crippen molar-refractivity contribution in [1.29, 1.82) is 0 Å². The Morgan fingerprint density at radius 2 is 1.65 bits per heavy atom. The molecular weight excluding hydrogens is 352 g/mol. The minimum Gasteiger partial charge on any atom is -0.357 e. The lowest BCUT2D eigenvalue weighted by Gasteiger charge is -2.19. The molecule has 26 heavy (non-hydrogen) atoms. The molecule has 2 unspecified atom stereocenters. The monoisotopic (exact) mass is 374 g/mol. The second-order valence-corrected chi connectivity index (χ2v) is 7.01. The van der Waals surface area contributed by atoms with Gasteiger partial charge >= 0.3 is 0 Å². The fourth-order valence-corrected chi connectivity index (χ4v) is 3.64. The summed E-state index contributed by atoms with van der Waals surface area (Å²) in [5.41, 5.74) is 6.07. The summed E-state index contributed by atoms with van der Waals surface area (Å²) in [6.07, 6.45) is 3.39. The minimum atomic E-state index is -0.478. The van der Waals surface area contributed by atoms with Crippen LogP contribution in [0.15, 0.2) is 30.3 Å². The molecule has 3 amide bonds. The van der Waals surface area contributed by atoms with Crippen molar-refractivity contribution in [3.05, 3.63) is 35.9 Å². The molecule has 1 saturated carbocycles. The number of benzene rings is 1. The summed E-state index contributed by atoms with van der Waals surface area (Å²) in [5, 5.41) is 3.22. The van der Waals surface area contributed by atoms with Crippen LogP contribution in [-0.4, -0.2) is 34.3 Å². The van der Waals surface area contributed by atoms with E-state index in [-0.39, 0.29) is 35.3 Å². The molecule has 2 aliphatic rings. The molecule has 8 heteroatoms. The molecule has 7 nitrogen and oxygen atoms in total. The van der Waals surface area contributed by atoms with Gasteiger partial charge in [0.05, 0.1) is 11.8 Å². The summed E-state index contributed by atoms with van der Waals surface area (Å²) in [4.78, 5) is 37.8. The molecule has 138 valence electrons. The van der Waals surface area contributed by atoms with E-state index in [1.54, 1.807) is 0 Å². The van der Waals surface area contributed by atoms with E-state index in [0.29, 0.717) is 6.54 Å². The molecule has 1 aliphatic heterocycles. The van der Waals surface area contributed by atoms with E-state index in [4.69, 9.17) is 12.2 Å². The van der Waals surface area contributed by atoms with Gasteiger partial charge in [-0.05, 0) is 30.6 Å². The van der Waals surface area contributed by atoms with Crippen LogP contribution in [0.2, 0.25) is 0 Å². The summed E-state index contributed by atoms with van der Waals surface area (Å²) >= 11 is 5.10. The zero-order chi connectivity index (χ0) is 18.5. The highest BCUT2D eigenvalue weighted by Gasteiger charge is 2.48. The summed E-state index contributed by atoms with van der Waals surface area (Å²) in [6.45, 7) is 0.244. The van der Waals surface area contributed by atoms with Gasteiger partial charge in [-0.1, -0.05) is 43.2 Å². The SMILES string of the molecule is O=C(CN1C(=O)C2CCCCC2C1=O)NNC(=S)NCc1ccccc1. The number of hydrogen-bond acceptors (Lipinski definition) is 4. The van der Waals surface area contributed by atoms with Crippen molar-refractivity contribution in [2.24, 2.45) is 11.8 Å². The molecule has 1 aromatic rings. The number of hydrazine groups is 1. The van der Waals surface area contributed by atoms with Crippen molar-refractivity contribution in [3.63, 3.8) is 0 Å². The molecule has 0 bridgehead atoms. The van der Waals surface area contributed by atoms with Crippen LogP contribution in [0.4, 0.5) is 0 Å². The second-order valence-electron chi connectivity index (χ2n) is 6.60. The predicted molar refractivity (Wildman–Crippen MR) is 99.3 cm³/mol. The Bertz CT molecular complexity index is 686. The van der Waals surface area contributed by atoms with E-state index in [0.717, 1.165) is 36.1 Å². The van der Waals surface area contributed by atoms with E-state index in [9.17, 15) is 14.4 Å². The van der Waals surface area contributed by atoms with Gasteiger partial charge in [0, 0.05) is 6.54 Å². The molecule has 2 atom stereocenters. The summed E-state index contributed by atoms with van der Waals surface area (Å²) in [6, 6.07) is 9.70. The number of likely N-dealkylation sites (tertiary alicyclic amines) is 1. The topological polar surface area (TPSA) is 90.5 Å². The Balaban J connectivity index is 1.43. The fourth-order valence-electron chi connectivity index (χ4n) is 3.52. The average molecular weight is 374 g/mol. The minimum absolute atomic E-state index is 0.223. The van der Waals surface area contributed by atoms with Gasteiger partial charge in [-0.15, -0.1) is 0 Å². The molecule has 0 aromatic heterocycles. The maximum Gasteiger partial charge on any atom is 0.258 e. The van der Waals surface area contributed by atoms with Crippen LogP contribution in [0.5, 0.6) is 0 Å². The van der Waals surface area contributed by atoms with Gasteiger partial charge in [0.1, 0.15) is 6.54 Å². The first-order valence-corrected chi connectivity index (χ1v) is 9.19. The van der Waals surface area contributed by atoms with Crippen molar-refractivity contribution < 1.29 is 14.4 Å². The normalized spacial score (nSPS) is 21.9. The lowest BCUT2D eigenvalue weighted by atomic mass is 9.81. The van der Waals surface area contributed by atoms with Crippen LogP contribution in [0.25, 0.3) is 0 Å². The maximum atomic E-state index is 12.3. The smallest absolute Gasteiger partial charge is 0.258 e. The molecule has 3 rings (SSSR count). The molecule has 1 heterocycles. The molecule has 1 saturated heterocycles. The second kappa shape index (κ2) is 8.27. The molecule has 2 fully saturated rings. The highest BCUT2D eigenvalue weighted by atomic mass is 32.1. The fraction of sp³-hybridized carbons (Fsp3) is 0.444. The van der Waals surface area contributed by atoms with Gasteiger partial charge in [-0.2, -0.15) is 0 Å². The van der Waals surface area contributed by atoms with E-state index < -0.39 is 5.91 Å². The van der Waals surface area contributed by atoms with Gasteiger partial charge in [-0.25, -0.2) is 0 Å². The van der Waals surface area contributed by atoms with Gasteiger partial charge in [-0.3, -0.25) is 30.1 Å². The first-order valence-electron chi connectivity index (χ1n) is 8.78. The van der Waals surface area contributed by atoms with Crippen LogP contribution in [0.3, 0.4) is 0 Å². The van der Waals surface area contributed by atoms with Crippen molar-refractivity contribution in [3.8, 4) is 0 Å². The van der Waals surface area contributed by atoms with Crippen LogP contribution in [0, 0.1) is 11.8 Å². The number of thiocarbonyl (C=S) groups is 1. The van der Waals surface area contributed by atoms with Crippen molar-refractivity contribution in [1.82, 2.24) is 21.1 Å². The number of carbonyl (C=O) groups excluding carboxylic acids is 3. The Hall–Kier alpha value is -2.48. The predicted octanol–water partition coefficient (Wildman–Crippen LogP) is 0.857. The first kappa shape index (κ1) is 18.3. The van der Waals surface area contributed by atoms with E-state index in [2.05, 4.69) is 16.2 Å². The van der Waals surface area contributed by atoms with Gasteiger partial charge in [0.2, 0.25) is 11.8 Å². The van der Waals surface area contributed by atoms with Gasteiger partial charge in [0.25, 0.3) is 5.91 Å². The molecule has 3 N–H and O–H groups in total. The number of rotatable bonds is 4. The summed E-state index contributed by atoms with van der Waals surface area (Å²) < 4.78 is 0. The third kappa shape index (κ3) is 4.19. The third-order valence-corrected chi connectivity index (χ3v) is 5.09. The van der Waals surface area contributed by atoms with Crippen molar-refractivity contribution >= 4 is 35.1 Å². The molecule has 0 spiro atoms. The van der Waals surface area contributed by atoms with E-state index in [1.165, 1.54) is 0 Å². The number of nitrogens with zero attached hydrogens (tertiary/aromatic N) is 1.